The van der Waals surface area contributed by atoms with Gasteiger partial charge in [-0.15, -0.1) is 6.58 Å². The van der Waals surface area contributed by atoms with E-state index in [0.29, 0.717) is 0 Å². The summed E-state index contributed by atoms with van der Waals surface area (Å²) >= 11 is 0. The smallest absolute Gasteiger partial charge is 0.0852 e. The Kier molecular flexibility index (Phi) is 3.26. The SMILES string of the molecule is C=C[C@@H](C)[C@@H](O)c1ccccc1C. The first-order chi connectivity index (χ1) is 6.16. The van der Waals surface area contributed by atoms with E-state index in [1.807, 2.05) is 38.1 Å². The molecule has 13 heavy (non-hydrogen) atoms. The lowest BCUT2D eigenvalue weighted by Gasteiger charge is -2.17. The summed E-state index contributed by atoms with van der Waals surface area (Å²) in [5.74, 6) is 0.0982. The van der Waals surface area contributed by atoms with Gasteiger partial charge in [-0.2, -0.15) is 0 Å². The van der Waals surface area contributed by atoms with Crippen molar-refractivity contribution >= 4 is 0 Å². The summed E-state index contributed by atoms with van der Waals surface area (Å²) in [6.07, 6.45) is 1.34. The van der Waals surface area contributed by atoms with Crippen LogP contribution < -0.4 is 0 Å². The zero-order valence-electron chi connectivity index (χ0n) is 8.20. The lowest BCUT2D eigenvalue weighted by molar-refractivity contribution is 0.139. The Morgan fingerprint density at radius 3 is 2.54 bits per heavy atom. The quantitative estimate of drug-likeness (QED) is 0.702. The van der Waals surface area contributed by atoms with Gasteiger partial charge in [-0.25, -0.2) is 0 Å². The Morgan fingerprint density at radius 1 is 1.38 bits per heavy atom. The highest BCUT2D eigenvalue weighted by Crippen LogP contribution is 2.24. The molecule has 1 rings (SSSR count). The van der Waals surface area contributed by atoms with Crippen LogP contribution in [0.2, 0.25) is 0 Å². The summed E-state index contributed by atoms with van der Waals surface area (Å²) in [4.78, 5) is 0. The van der Waals surface area contributed by atoms with Gasteiger partial charge in [0.25, 0.3) is 0 Å². The minimum Gasteiger partial charge on any atom is -0.388 e. The van der Waals surface area contributed by atoms with Gasteiger partial charge in [-0.3, -0.25) is 0 Å². The maximum Gasteiger partial charge on any atom is 0.0852 e. The van der Waals surface area contributed by atoms with Crippen molar-refractivity contribution in [2.75, 3.05) is 0 Å². The van der Waals surface area contributed by atoms with Crippen molar-refractivity contribution in [3.05, 3.63) is 48.0 Å². The summed E-state index contributed by atoms with van der Waals surface area (Å²) in [5, 5.41) is 9.90. The topological polar surface area (TPSA) is 20.2 Å². The minimum absolute atomic E-state index is 0.0982. The van der Waals surface area contributed by atoms with Crippen LogP contribution in [0.15, 0.2) is 36.9 Å². The van der Waals surface area contributed by atoms with E-state index in [4.69, 9.17) is 0 Å². The van der Waals surface area contributed by atoms with Crippen LogP contribution in [0, 0.1) is 12.8 Å². The number of aliphatic hydroxyl groups excluding tert-OH is 1. The summed E-state index contributed by atoms with van der Waals surface area (Å²) in [5.41, 5.74) is 2.12. The first-order valence-corrected chi connectivity index (χ1v) is 4.53. The van der Waals surface area contributed by atoms with Crippen LogP contribution in [0.4, 0.5) is 0 Å². The molecule has 0 unspecified atom stereocenters. The monoisotopic (exact) mass is 176 g/mol. The molecule has 0 saturated heterocycles. The van der Waals surface area contributed by atoms with Gasteiger partial charge in [0, 0.05) is 5.92 Å². The number of benzene rings is 1. The highest BCUT2D eigenvalue weighted by atomic mass is 16.3. The normalized spacial score (nSPS) is 15.0. The summed E-state index contributed by atoms with van der Waals surface area (Å²) in [6, 6.07) is 7.89. The fourth-order valence-electron chi connectivity index (χ4n) is 1.33. The van der Waals surface area contributed by atoms with Crippen molar-refractivity contribution in [3.63, 3.8) is 0 Å². The molecule has 1 nitrogen and oxygen atoms in total. The molecule has 0 fully saturated rings. The molecule has 1 aromatic carbocycles. The average Bonchev–Trinajstić information content (AvgIpc) is 2.16. The highest BCUT2D eigenvalue weighted by Gasteiger charge is 2.14. The Labute approximate surface area is 79.7 Å². The molecular formula is C12H16O. The maximum atomic E-state index is 9.90. The molecule has 0 aromatic heterocycles. The van der Waals surface area contributed by atoms with Crippen LogP contribution in [-0.4, -0.2) is 5.11 Å². The Morgan fingerprint density at radius 2 is 2.00 bits per heavy atom. The van der Waals surface area contributed by atoms with Crippen LogP contribution in [0.1, 0.15) is 24.2 Å². The number of aryl methyl sites for hydroxylation is 1. The van der Waals surface area contributed by atoms with Gasteiger partial charge < -0.3 is 5.11 Å². The Balaban J connectivity index is 2.94. The lowest BCUT2D eigenvalue weighted by atomic mass is 9.94. The summed E-state index contributed by atoms with van der Waals surface area (Å²) < 4.78 is 0. The van der Waals surface area contributed by atoms with E-state index >= 15 is 0 Å². The molecule has 0 amide bonds. The molecule has 0 heterocycles. The van der Waals surface area contributed by atoms with Gasteiger partial charge in [-0.1, -0.05) is 37.3 Å². The molecule has 0 saturated carbocycles. The van der Waals surface area contributed by atoms with Gasteiger partial charge in [0.1, 0.15) is 0 Å². The van der Waals surface area contributed by atoms with Crippen LogP contribution in [0.5, 0.6) is 0 Å². The van der Waals surface area contributed by atoms with Crippen LogP contribution in [0.3, 0.4) is 0 Å². The van der Waals surface area contributed by atoms with Crippen molar-refractivity contribution in [3.8, 4) is 0 Å². The zero-order valence-corrected chi connectivity index (χ0v) is 8.20. The van der Waals surface area contributed by atoms with Gasteiger partial charge in [0.2, 0.25) is 0 Å². The van der Waals surface area contributed by atoms with Crippen molar-refractivity contribution in [2.24, 2.45) is 5.92 Å². The van der Waals surface area contributed by atoms with Crippen molar-refractivity contribution in [1.82, 2.24) is 0 Å². The van der Waals surface area contributed by atoms with E-state index in [1.165, 1.54) is 0 Å². The number of rotatable bonds is 3. The molecule has 1 N–H and O–H groups in total. The number of hydrogen-bond acceptors (Lipinski definition) is 1. The molecule has 0 aliphatic heterocycles. The van der Waals surface area contributed by atoms with Crippen LogP contribution >= 0.6 is 0 Å². The van der Waals surface area contributed by atoms with Gasteiger partial charge in [0.15, 0.2) is 0 Å². The maximum absolute atomic E-state index is 9.90. The molecule has 1 heteroatoms. The van der Waals surface area contributed by atoms with E-state index in [1.54, 1.807) is 6.08 Å². The molecular weight excluding hydrogens is 160 g/mol. The third-order valence-electron chi connectivity index (χ3n) is 2.38. The molecule has 0 bridgehead atoms. The largest absolute Gasteiger partial charge is 0.388 e. The lowest BCUT2D eigenvalue weighted by Crippen LogP contribution is -2.07. The average molecular weight is 176 g/mol. The molecule has 0 aliphatic rings. The van der Waals surface area contributed by atoms with Gasteiger partial charge >= 0.3 is 0 Å². The first kappa shape index (κ1) is 10.0. The highest BCUT2D eigenvalue weighted by molar-refractivity contribution is 5.28. The third-order valence-corrected chi connectivity index (χ3v) is 2.38. The second-order valence-corrected chi connectivity index (χ2v) is 3.40. The van der Waals surface area contributed by atoms with E-state index in [0.717, 1.165) is 11.1 Å². The number of hydrogen-bond donors (Lipinski definition) is 1. The van der Waals surface area contributed by atoms with E-state index < -0.39 is 6.10 Å². The minimum atomic E-state index is -0.432. The molecule has 0 spiro atoms. The van der Waals surface area contributed by atoms with Crippen molar-refractivity contribution in [2.45, 2.75) is 20.0 Å². The van der Waals surface area contributed by atoms with Crippen LogP contribution in [0.25, 0.3) is 0 Å². The second-order valence-electron chi connectivity index (χ2n) is 3.40. The fourth-order valence-corrected chi connectivity index (χ4v) is 1.33. The predicted octanol–water partition coefficient (Wildman–Crippen LogP) is 2.85. The van der Waals surface area contributed by atoms with E-state index in [-0.39, 0.29) is 5.92 Å². The van der Waals surface area contributed by atoms with Crippen molar-refractivity contribution < 1.29 is 5.11 Å². The number of aliphatic hydroxyl groups is 1. The van der Waals surface area contributed by atoms with Crippen LogP contribution in [-0.2, 0) is 0 Å². The molecule has 0 aliphatic carbocycles. The molecule has 70 valence electrons. The zero-order chi connectivity index (χ0) is 9.84. The third kappa shape index (κ3) is 2.19. The Bertz CT molecular complexity index is 291. The predicted molar refractivity (Wildman–Crippen MR) is 55.5 cm³/mol. The fraction of sp³-hybridized carbons (Fsp3) is 0.333. The summed E-state index contributed by atoms with van der Waals surface area (Å²) in [7, 11) is 0. The first-order valence-electron chi connectivity index (χ1n) is 4.53. The summed E-state index contributed by atoms with van der Waals surface area (Å²) in [6.45, 7) is 7.65. The molecule has 0 radical (unpaired) electrons. The van der Waals surface area contributed by atoms with Gasteiger partial charge in [0.05, 0.1) is 6.10 Å². The van der Waals surface area contributed by atoms with Crippen molar-refractivity contribution in [1.29, 1.82) is 0 Å². The van der Waals surface area contributed by atoms with E-state index in [9.17, 15) is 5.11 Å². The van der Waals surface area contributed by atoms with E-state index in [2.05, 4.69) is 6.58 Å². The molecule has 2 atom stereocenters. The molecule has 1 aromatic rings. The Hall–Kier alpha value is -1.08. The standard InChI is InChI=1S/C12H16O/c1-4-9(2)12(13)11-8-6-5-7-10(11)3/h4-9,12-13H,1H2,2-3H3/t9-,12-/m1/s1. The van der Waals surface area contributed by atoms with Gasteiger partial charge in [-0.05, 0) is 18.1 Å². The second kappa shape index (κ2) is 4.24.